The summed E-state index contributed by atoms with van der Waals surface area (Å²) in [6.45, 7) is 1.31. The molecule has 0 rings (SSSR count). The maximum atomic E-state index is 9.98. The van der Waals surface area contributed by atoms with Crippen molar-refractivity contribution in [2.75, 3.05) is 5.33 Å². The van der Waals surface area contributed by atoms with E-state index in [1.807, 2.05) is 0 Å². The van der Waals surface area contributed by atoms with Crippen molar-refractivity contribution in [3.8, 4) is 12.0 Å². The maximum Gasteiger partial charge on any atom is 0.316 e. The molecule has 0 aromatic rings. The Balaban J connectivity index is 3.29. The van der Waals surface area contributed by atoms with Crippen LogP contribution in [0.3, 0.4) is 0 Å². The smallest absolute Gasteiger partial charge is 0.316 e. The molecule has 44 valence electrons. The summed E-state index contributed by atoms with van der Waals surface area (Å²) >= 11 is 3.03. The summed E-state index contributed by atoms with van der Waals surface area (Å²) in [4.78, 5) is 9.98. The minimum atomic E-state index is -0.376. The zero-order valence-corrected chi connectivity index (χ0v) is 5.99. The highest BCUT2D eigenvalue weighted by Crippen LogP contribution is 1.74. The first-order chi connectivity index (χ1) is 3.77. The maximum absolute atomic E-state index is 9.98. The summed E-state index contributed by atoms with van der Waals surface area (Å²) < 4.78 is 4.25. The van der Waals surface area contributed by atoms with Crippen molar-refractivity contribution in [1.82, 2.24) is 0 Å². The summed E-state index contributed by atoms with van der Waals surface area (Å²) in [7, 11) is 0. The van der Waals surface area contributed by atoms with E-state index in [9.17, 15) is 4.79 Å². The first-order valence-corrected chi connectivity index (χ1v) is 3.10. The molecule has 0 heterocycles. The number of hydrogen-bond donors (Lipinski definition) is 0. The van der Waals surface area contributed by atoms with E-state index in [1.165, 1.54) is 6.92 Å². The van der Waals surface area contributed by atoms with Gasteiger partial charge >= 0.3 is 5.97 Å². The second-order valence-corrected chi connectivity index (χ2v) is 1.57. The Kier molecular flexibility index (Phi) is 4.38. The van der Waals surface area contributed by atoms with Crippen LogP contribution in [0.25, 0.3) is 0 Å². The zero-order chi connectivity index (χ0) is 6.41. The van der Waals surface area contributed by atoms with Gasteiger partial charge < -0.3 is 4.74 Å². The van der Waals surface area contributed by atoms with Crippen LogP contribution in [0.1, 0.15) is 6.92 Å². The number of ether oxygens (including phenoxy) is 1. The van der Waals surface area contributed by atoms with Crippen molar-refractivity contribution in [3.05, 3.63) is 0 Å². The van der Waals surface area contributed by atoms with Gasteiger partial charge in [-0.25, -0.2) is 0 Å². The summed E-state index contributed by atoms with van der Waals surface area (Å²) in [6.07, 6.45) is 2.19. The normalized spacial score (nSPS) is 6.75. The van der Waals surface area contributed by atoms with E-state index < -0.39 is 0 Å². The predicted octanol–water partition coefficient (Wildman–Crippen LogP) is 0.905. The van der Waals surface area contributed by atoms with Gasteiger partial charge in [-0.2, -0.15) is 0 Å². The molecule has 0 spiro atoms. The topological polar surface area (TPSA) is 26.3 Å². The second kappa shape index (κ2) is 4.66. The molecule has 0 fully saturated rings. The number of hydrogen-bond acceptors (Lipinski definition) is 2. The van der Waals surface area contributed by atoms with Crippen molar-refractivity contribution in [3.63, 3.8) is 0 Å². The lowest BCUT2D eigenvalue weighted by atomic mass is 10.8. The summed E-state index contributed by atoms with van der Waals surface area (Å²) in [5.41, 5.74) is 0. The van der Waals surface area contributed by atoms with Gasteiger partial charge in [0.1, 0.15) is 6.11 Å². The average Bonchev–Trinajstić information content (AvgIpc) is 1.66. The SMILES string of the molecule is CC(=O)OC#CCBr. The second-order valence-electron chi connectivity index (χ2n) is 1.01. The molecular formula is C5H5BrO2. The highest BCUT2D eigenvalue weighted by Gasteiger charge is 1.81. The third kappa shape index (κ3) is 5.51. The number of esters is 1. The predicted molar refractivity (Wildman–Crippen MR) is 33.3 cm³/mol. The first-order valence-electron chi connectivity index (χ1n) is 1.98. The van der Waals surface area contributed by atoms with Gasteiger partial charge in [0.15, 0.2) is 0 Å². The molecule has 0 aromatic carbocycles. The summed E-state index contributed by atoms with van der Waals surface area (Å²) in [6, 6.07) is 0. The fourth-order valence-corrected chi connectivity index (χ4v) is 0.250. The zero-order valence-electron chi connectivity index (χ0n) is 4.40. The molecule has 0 aliphatic rings. The van der Waals surface area contributed by atoms with Crippen molar-refractivity contribution in [1.29, 1.82) is 0 Å². The van der Waals surface area contributed by atoms with Crippen LogP contribution >= 0.6 is 15.9 Å². The van der Waals surface area contributed by atoms with Gasteiger partial charge in [-0.1, -0.05) is 15.9 Å². The summed E-state index contributed by atoms with van der Waals surface area (Å²) in [5, 5.41) is 0.528. The van der Waals surface area contributed by atoms with Gasteiger partial charge in [-0.3, -0.25) is 4.79 Å². The number of halogens is 1. The lowest BCUT2D eigenvalue weighted by Gasteiger charge is -1.80. The molecule has 8 heavy (non-hydrogen) atoms. The van der Waals surface area contributed by atoms with Crippen LogP contribution in [0.2, 0.25) is 0 Å². The lowest BCUT2D eigenvalue weighted by molar-refractivity contribution is -0.134. The quantitative estimate of drug-likeness (QED) is 0.312. The molecular weight excluding hydrogens is 172 g/mol. The van der Waals surface area contributed by atoms with Gasteiger partial charge in [0.25, 0.3) is 0 Å². The fourth-order valence-electron chi connectivity index (χ4n) is 0.135. The first kappa shape index (κ1) is 7.51. The van der Waals surface area contributed by atoms with E-state index in [0.29, 0.717) is 5.33 Å². The summed E-state index contributed by atoms with van der Waals surface area (Å²) in [5.74, 6) is 2.13. The molecule has 0 aliphatic heterocycles. The highest BCUT2D eigenvalue weighted by molar-refractivity contribution is 9.09. The van der Waals surface area contributed by atoms with Crippen molar-refractivity contribution >= 4 is 21.9 Å². The van der Waals surface area contributed by atoms with E-state index in [-0.39, 0.29) is 5.97 Å². The van der Waals surface area contributed by atoms with E-state index in [4.69, 9.17) is 0 Å². The number of carbonyl (C=O) groups is 1. The minimum absolute atomic E-state index is 0.376. The van der Waals surface area contributed by atoms with Gasteiger partial charge in [-0.15, -0.1) is 0 Å². The van der Waals surface area contributed by atoms with Crippen LogP contribution in [0, 0.1) is 12.0 Å². The molecule has 0 unspecified atom stereocenters. The van der Waals surface area contributed by atoms with Crippen LogP contribution in [0.4, 0.5) is 0 Å². The van der Waals surface area contributed by atoms with Crippen LogP contribution < -0.4 is 0 Å². The Labute approximate surface area is 56.3 Å². The van der Waals surface area contributed by atoms with Gasteiger partial charge in [-0.05, 0) is 5.92 Å². The van der Waals surface area contributed by atoms with E-state index >= 15 is 0 Å². The average molecular weight is 177 g/mol. The molecule has 0 amide bonds. The van der Waals surface area contributed by atoms with Crippen molar-refractivity contribution in [2.24, 2.45) is 0 Å². The van der Waals surface area contributed by atoms with Crippen LogP contribution in [0.5, 0.6) is 0 Å². The third-order valence-corrected chi connectivity index (χ3v) is 0.614. The van der Waals surface area contributed by atoms with Gasteiger partial charge in [0.2, 0.25) is 0 Å². The van der Waals surface area contributed by atoms with Gasteiger partial charge in [0.05, 0.1) is 5.33 Å². The fraction of sp³-hybridized carbons (Fsp3) is 0.400. The molecule has 0 N–H and O–H groups in total. The molecule has 2 nitrogen and oxygen atoms in total. The van der Waals surface area contributed by atoms with Crippen molar-refractivity contribution in [2.45, 2.75) is 6.92 Å². The van der Waals surface area contributed by atoms with Crippen LogP contribution in [-0.2, 0) is 9.53 Å². The molecule has 0 saturated carbocycles. The van der Waals surface area contributed by atoms with Gasteiger partial charge in [0, 0.05) is 6.92 Å². The molecule has 0 aliphatic carbocycles. The number of alkyl halides is 1. The number of carbonyl (C=O) groups excluding carboxylic acids is 1. The Bertz CT molecular complexity index is 131. The Morgan fingerprint density at radius 3 is 2.88 bits per heavy atom. The number of rotatable bonds is 0. The Morgan fingerprint density at radius 2 is 2.50 bits per heavy atom. The van der Waals surface area contributed by atoms with Crippen LogP contribution in [-0.4, -0.2) is 11.3 Å². The Hall–Kier alpha value is -0.490. The molecule has 0 radical (unpaired) electrons. The standard InChI is InChI=1S/C5H5BrO2/c1-5(7)8-4-2-3-6/h3H2,1H3. The lowest BCUT2D eigenvalue weighted by Crippen LogP contribution is -1.89. The van der Waals surface area contributed by atoms with E-state index in [0.717, 1.165) is 0 Å². The molecule has 0 saturated heterocycles. The van der Waals surface area contributed by atoms with E-state index in [2.05, 4.69) is 32.7 Å². The van der Waals surface area contributed by atoms with Crippen molar-refractivity contribution < 1.29 is 9.53 Å². The Morgan fingerprint density at radius 1 is 1.88 bits per heavy atom. The minimum Gasteiger partial charge on any atom is -0.372 e. The molecule has 0 atom stereocenters. The van der Waals surface area contributed by atoms with Crippen LogP contribution in [0.15, 0.2) is 0 Å². The molecule has 0 aromatic heterocycles. The largest absolute Gasteiger partial charge is 0.372 e. The third-order valence-electron chi connectivity index (χ3n) is 0.334. The molecule has 3 heteroatoms. The molecule has 0 bridgehead atoms. The monoisotopic (exact) mass is 176 g/mol. The highest BCUT2D eigenvalue weighted by atomic mass is 79.9. The van der Waals surface area contributed by atoms with E-state index in [1.54, 1.807) is 0 Å².